The van der Waals surface area contributed by atoms with Gasteiger partial charge in [0.2, 0.25) is 0 Å². The van der Waals surface area contributed by atoms with Crippen LogP contribution in [0.4, 0.5) is 0 Å². The van der Waals surface area contributed by atoms with Crippen molar-refractivity contribution in [3.63, 3.8) is 0 Å². The number of benzene rings is 1. The molecule has 0 aromatic heterocycles. The van der Waals surface area contributed by atoms with Crippen LogP contribution in [0.5, 0.6) is 5.75 Å². The van der Waals surface area contributed by atoms with E-state index in [4.69, 9.17) is 4.74 Å². The number of aliphatic hydroxyl groups excluding tert-OH is 1. The maximum absolute atomic E-state index is 11.9. The van der Waals surface area contributed by atoms with E-state index in [1.807, 2.05) is 0 Å². The third kappa shape index (κ3) is 2.40. The number of ether oxygens (including phenoxy) is 1. The molecule has 1 aliphatic rings. The molecule has 5 heteroatoms. The average molecular weight is 237 g/mol. The number of nitrogens with one attached hydrogen (secondary N) is 1. The predicted octanol–water partition coefficient (Wildman–Crippen LogP) is 0.190. The minimum Gasteiger partial charge on any atom is -0.508 e. The first-order chi connectivity index (χ1) is 8.09. The molecular weight excluding hydrogens is 222 g/mol. The lowest BCUT2D eigenvalue weighted by molar-refractivity contribution is 0.0885. The van der Waals surface area contributed by atoms with Crippen molar-refractivity contribution in [3.8, 4) is 5.75 Å². The van der Waals surface area contributed by atoms with Gasteiger partial charge in [-0.05, 0) is 19.1 Å². The number of hydrogen-bond acceptors (Lipinski definition) is 4. The van der Waals surface area contributed by atoms with Crippen molar-refractivity contribution < 1.29 is 19.7 Å². The molecule has 17 heavy (non-hydrogen) atoms. The first-order valence-electron chi connectivity index (χ1n) is 5.45. The van der Waals surface area contributed by atoms with Gasteiger partial charge in [-0.3, -0.25) is 4.79 Å². The van der Waals surface area contributed by atoms with E-state index in [-0.39, 0.29) is 24.3 Å². The molecule has 1 saturated heterocycles. The van der Waals surface area contributed by atoms with Gasteiger partial charge in [0.15, 0.2) is 0 Å². The molecule has 5 nitrogen and oxygen atoms in total. The zero-order chi connectivity index (χ0) is 12.4. The van der Waals surface area contributed by atoms with Gasteiger partial charge in [-0.15, -0.1) is 0 Å². The van der Waals surface area contributed by atoms with Crippen molar-refractivity contribution in [2.75, 3.05) is 13.2 Å². The zero-order valence-electron chi connectivity index (χ0n) is 9.51. The summed E-state index contributed by atoms with van der Waals surface area (Å²) in [6, 6.07) is 4.38. The lowest BCUT2D eigenvalue weighted by Crippen LogP contribution is -2.42. The number of carbonyl (C=O) groups excluding carboxylic acids is 1. The standard InChI is InChI=1S/C12H15NO4/c1-7-8(3-2-4-10(7)14)12(16)13-9-5-17-6-11(9)15/h2-4,9,11,14-15H,5-6H2,1H3,(H,13,16). The van der Waals surface area contributed by atoms with Crippen LogP contribution in [-0.2, 0) is 4.74 Å². The highest BCUT2D eigenvalue weighted by Crippen LogP contribution is 2.19. The van der Waals surface area contributed by atoms with Gasteiger partial charge in [0.1, 0.15) is 5.75 Å². The summed E-state index contributed by atoms with van der Waals surface area (Å²) in [5, 5.41) is 21.7. The number of phenols is 1. The SMILES string of the molecule is Cc1c(O)cccc1C(=O)NC1COCC1O. The largest absolute Gasteiger partial charge is 0.508 e. The number of aliphatic hydroxyl groups is 1. The molecule has 3 N–H and O–H groups in total. The van der Waals surface area contributed by atoms with Crippen molar-refractivity contribution in [1.29, 1.82) is 0 Å². The molecule has 2 rings (SSSR count). The molecule has 0 bridgehead atoms. The first-order valence-corrected chi connectivity index (χ1v) is 5.45. The van der Waals surface area contributed by atoms with Gasteiger partial charge in [0.05, 0.1) is 25.4 Å². The normalized spacial score (nSPS) is 23.6. The number of carbonyl (C=O) groups is 1. The van der Waals surface area contributed by atoms with Crippen molar-refractivity contribution >= 4 is 5.91 Å². The molecule has 1 amide bonds. The summed E-state index contributed by atoms with van der Waals surface area (Å²) in [7, 11) is 0. The van der Waals surface area contributed by atoms with Crippen LogP contribution in [0.2, 0.25) is 0 Å². The number of hydrogen-bond donors (Lipinski definition) is 3. The molecule has 0 saturated carbocycles. The van der Waals surface area contributed by atoms with E-state index in [0.29, 0.717) is 17.7 Å². The second kappa shape index (κ2) is 4.73. The summed E-state index contributed by atoms with van der Waals surface area (Å²) in [5.74, 6) is -0.228. The highest BCUT2D eigenvalue weighted by atomic mass is 16.5. The summed E-state index contributed by atoms with van der Waals surface area (Å²) >= 11 is 0. The number of phenolic OH excluding ortho intramolecular Hbond substituents is 1. The second-order valence-electron chi connectivity index (χ2n) is 4.13. The van der Waals surface area contributed by atoms with E-state index in [9.17, 15) is 15.0 Å². The second-order valence-corrected chi connectivity index (χ2v) is 4.13. The molecule has 2 unspecified atom stereocenters. The Kier molecular flexibility index (Phi) is 3.31. The molecule has 1 fully saturated rings. The van der Waals surface area contributed by atoms with Crippen LogP contribution in [0.3, 0.4) is 0 Å². The molecule has 0 spiro atoms. The van der Waals surface area contributed by atoms with Gasteiger partial charge in [-0.2, -0.15) is 0 Å². The molecule has 2 atom stereocenters. The molecule has 1 aromatic carbocycles. The van der Waals surface area contributed by atoms with E-state index in [1.165, 1.54) is 6.07 Å². The minimum absolute atomic E-state index is 0.0841. The zero-order valence-corrected chi connectivity index (χ0v) is 9.51. The fourth-order valence-corrected chi connectivity index (χ4v) is 1.80. The molecule has 1 aliphatic heterocycles. The summed E-state index contributed by atoms with van der Waals surface area (Å²) in [4.78, 5) is 11.9. The molecule has 0 radical (unpaired) electrons. The lowest BCUT2D eigenvalue weighted by Gasteiger charge is -2.15. The van der Waals surface area contributed by atoms with Gasteiger partial charge in [-0.1, -0.05) is 6.07 Å². The first kappa shape index (κ1) is 11.9. The Bertz CT molecular complexity index is 433. The summed E-state index contributed by atoms with van der Waals surface area (Å²) < 4.78 is 5.05. The van der Waals surface area contributed by atoms with Crippen molar-refractivity contribution in [2.24, 2.45) is 0 Å². The molecular formula is C12H15NO4. The smallest absolute Gasteiger partial charge is 0.252 e. The topological polar surface area (TPSA) is 78.8 Å². The third-order valence-electron chi connectivity index (χ3n) is 2.92. The van der Waals surface area contributed by atoms with Crippen LogP contribution in [-0.4, -0.2) is 41.5 Å². The Labute approximate surface area is 99.0 Å². The Morgan fingerprint density at radius 3 is 2.88 bits per heavy atom. The van der Waals surface area contributed by atoms with Crippen LogP contribution >= 0.6 is 0 Å². The molecule has 92 valence electrons. The fourth-order valence-electron chi connectivity index (χ4n) is 1.80. The van der Waals surface area contributed by atoms with Gasteiger partial charge in [0, 0.05) is 11.1 Å². The Balaban J connectivity index is 2.12. The maximum atomic E-state index is 11.9. The van der Waals surface area contributed by atoms with Crippen LogP contribution in [0.25, 0.3) is 0 Å². The highest BCUT2D eigenvalue weighted by molar-refractivity contribution is 5.96. The predicted molar refractivity (Wildman–Crippen MR) is 60.9 cm³/mol. The third-order valence-corrected chi connectivity index (χ3v) is 2.92. The maximum Gasteiger partial charge on any atom is 0.252 e. The van der Waals surface area contributed by atoms with E-state index in [1.54, 1.807) is 19.1 Å². The van der Waals surface area contributed by atoms with Gasteiger partial charge in [0.25, 0.3) is 5.91 Å². The monoisotopic (exact) mass is 237 g/mol. The number of aromatic hydroxyl groups is 1. The van der Waals surface area contributed by atoms with E-state index < -0.39 is 6.10 Å². The molecule has 0 aliphatic carbocycles. The van der Waals surface area contributed by atoms with E-state index >= 15 is 0 Å². The Morgan fingerprint density at radius 2 is 2.24 bits per heavy atom. The average Bonchev–Trinajstić information content (AvgIpc) is 2.68. The van der Waals surface area contributed by atoms with Gasteiger partial charge in [-0.25, -0.2) is 0 Å². The lowest BCUT2D eigenvalue weighted by atomic mass is 10.1. The van der Waals surface area contributed by atoms with E-state index in [2.05, 4.69) is 5.32 Å². The summed E-state index contributed by atoms with van der Waals surface area (Å²) in [5.41, 5.74) is 0.933. The van der Waals surface area contributed by atoms with E-state index in [0.717, 1.165) is 0 Å². The Morgan fingerprint density at radius 1 is 1.47 bits per heavy atom. The minimum atomic E-state index is -0.670. The Hall–Kier alpha value is -1.59. The van der Waals surface area contributed by atoms with Crippen LogP contribution in [0, 0.1) is 6.92 Å². The number of amides is 1. The van der Waals surface area contributed by atoms with Crippen molar-refractivity contribution in [3.05, 3.63) is 29.3 Å². The molecule has 1 aromatic rings. The van der Waals surface area contributed by atoms with Crippen molar-refractivity contribution in [1.82, 2.24) is 5.32 Å². The highest BCUT2D eigenvalue weighted by Gasteiger charge is 2.28. The van der Waals surface area contributed by atoms with Crippen LogP contribution in [0.1, 0.15) is 15.9 Å². The quantitative estimate of drug-likeness (QED) is 0.686. The molecule has 1 heterocycles. The fraction of sp³-hybridized carbons (Fsp3) is 0.417. The van der Waals surface area contributed by atoms with Crippen molar-refractivity contribution in [2.45, 2.75) is 19.1 Å². The summed E-state index contributed by atoms with van der Waals surface area (Å²) in [6.45, 7) is 2.22. The van der Waals surface area contributed by atoms with Gasteiger partial charge >= 0.3 is 0 Å². The number of rotatable bonds is 2. The summed E-state index contributed by atoms with van der Waals surface area (Å²) in [6.07, 6.45) is -0.670. The van der Waals surface area contributed by atoms with Crippen LogP contribution in [0.15, 0.2) is 18.2 Å². The van der Waals surface area contributed by atoms with Crippen LogP contribution < -0.4 is 5.32 Å². The van der Waals surface area contributed by atoms with Gasteiger partial charge < -0.3 is 20.3 Å².